The molecule has 0 N–H and O–H groups in total. The summed E-state index contributed by atoms with van der Waals surface area (Å²) in [7, 11) is 1.68. The summed E-state index contributed by atoms with van der Waals surface area (Å²) in [6, 6.07) is 15.5. The van der Waals surface area contributed by atoms with Crippen molar-refractivity contribution in [2.75, 3.05) is 17.2 Å². The van der Waals surface area contributed by atoms with Crippen LogP contribution in [0, 0.1) is 0 Å². The summed E-state index contributed by atoms with van der Waals surface area (Å²) in [6.45, 7) is 0.731. The largest absolute Gasteiger partial charge is 0.311 e. The van der Waals surface area contributed by atoms with Crippen molar-refractivity contribution in [1.29, 1.82) is 0 Å². The highest BCUT2D eigenvalue weighted by Crippen LogP contribution is 2.28. The molecule has 0 atom stereocenters. The summed E-state index contributed by atoms with van der Waals surface area (Å²) in [5, 5.41) is 9.64. The predicted octanol–water partition coefficient (Wildman–Crippen LogP) is 2.65. The third kappa shape index (κ3) is 2.91. The van der Waals surface area contributed by atoms with E-state index in [2.05, 4.69) is 16.3 Å². The SMILES string of the molecule is Cn1c(=O)c2ccccc2n2c(SCC(=O)N3CCCc4ccccc43)nnc12. The zero-order valence-corrected chi connectivity index (χ0v) is 16.7. The van der Waals surface area contributed by atoms with Crippen LogP contribution in [0.15, 0.2) is 58.5 Å². The molecule has 0 fully saturated rings. The smallest absolute Gasteiger partial charge is 0.262 e. The maximum absolute atomic E-state index is 13.0. The van der Waals surface area contributed by atoms with Crippen LogP contribution in [-0.4, -0.2) is 37.4 Å². The molecule has 0 saturated carbocycles. The molecule has 7 nitrogen and oxygen atoms in total. The molecule has 146 valence electrons. The van der Waals surface area contributed by atoms with Crippen LogP contribution in [0.2, 0.25) is 0 Å². The minimum atomic E-state index is -0.113. The number of carbonyl (C=O) groups is 1. The Hall–Kier alpha value is -3.13. The fourth-order valence-electron chi connectivity index (χ4n) is 3.90. The van der Waals surface area contributed by atoms with Crippen LogP contribution < -0.4 is 10.5 Å². The van der Waals surface area contributed by atoms with Crippen molar-refractivity contribution in [3.8, 4) is 0 Å². The number of aryl methyl sites for hydroxylation is 2. The average Bonchev–Trinajstić information content (AvgIpc) is 3.19. The van der Waals surface area contributed by atoms with E-state index in [1.807, 2.05) is 45.7 Å². The fraction of sp³-hybridized carbons (Fsp3) is 0.238. The van der Waals surface area contributed by atoms with Gasteiger partial charge >= 0.3 is 0 Å². The molecule has 8 heteroatoms. The van der Waals surface area contributed by atoms with Crippen LogP contribution in [0.1, 0.15) is 12.0 Å². The van der Waals surface area contributed by atoms with Gasteiger partial charge in [0, 0.05) is 19.3 Å². The highest BCUT2D eigenvalue weighted by Gasteiger charge is 2.23. The number of carbonyl (C=O) groups excluding carboxylic acids is 1. The van der Waals surface area contributed by atoms with Crippen molar-refractivity contribution in [1.82, 2.24) is 19.2 Å². The van der Waals surface area contributed by atoms with Crippen molar-refractivity contribution < 1.29 is 4.79 Å². The molecule has 2 aromatic heterocycles. The summed E-state index contributed by atoms with van der Waals surface area (Å²) in [4.78, 5) is 27.4. The Morgan fingerprint density at radius 1 is 1.10 bits per heavy atom. The van der Waals surface area contributed by atoms with Crippen molar-refractivity contribution in [3.05, 3.63) is 64.4 Å². The molecule has 29 heavy (non-hydrogen) atoms. The number of fused-ring (bicyclic) bond motifs is 4. The van der Waals surface area contributed by atoms with Gasteiger partial charge in [0.05, 0.1) is 16.7 Å². The monoisotopic (exact) mass is 405 g/mol. The van der Waals surface area contributed by atoms with E-state index in [9.17, 15) is 9.59 Å². The highest BCUT2D eigenvalue weighted by molar-refractivity contribution is 7.99. The van der Waals surface area contributed by atoms with Crippen LogP contribution in [0.25, 0.3) is 16.7 Å². The van der Waals surface area contributed by atoms with Gasteiger partial charge in [-0.1, -0.05) is 42.1 Å². The first-order valence-electron chi connectivity index (χ1n) is 9.49. The van der Waals surface area contributed by atoms with Gasteiger partial charge in [-0.05, 0) is 36.6 Å². The second kappa shape index (κ2) is 7.04. The number of thioether (sulfide) groups is 1. The lowest BCUT2D eigenvalue weighted by molar-refractivity contribution is -0.116. The van der Waals surface area contributed by atoms with Crippen molar-refractivity contribution in [3.63, 3.8) is 0 Å². The molecule has 1 amide bonds. The molecule has 0 saturated heterocycles. The van der Waals surface area contributed by atoms with Gasteiger partial charge in [0.1, 0.15) is 0 Å². The Kier molecular flexibility index (Phi) is 4.35. The van der Waals surface area contributed by atoms with Gasteiger partial charge in [-0.25, -0.2) is 0 Å². The van der Waals surface area contributed by atoms with Gasteiger partial charge in [-0.2, -0.15) is 0 Å². The molecule has 4 aromatic rings. The highest BCUT2D eigenvalue weighted by atomic mass is 32.2. The molecule has 1 aliphatic heterocycles. The summed E-state index contributed by atoms with van der Waals surface area (Å²) in [5.74, 6) is 0.770. The van der Waals surface area contributed by atoms with E-state index in [1.54, 1.807) is 13.1 Å². The van der Waals surface area contributed by atoms with Gasteiger partial charge in [0.25, 0.3) is 5.56 Å². The number of hydrogen-bond donors (Lipinski definition) is 0. The standard InChI is InChI=1S/C21H19N5O2S/c1-24-19(28)15-9-3-5-11-17(15)26-20(24)22-23-21(26)29-13-18(27)25-12-6-8-14-7-2-4-10-16(14)25/h2-5,7,9-11H,6,8,12-13H2,1H3. The number of anilines is 1. The summed E-state index contributed by atoms with van der Waals surface area (Å²) in [6.07, 6.45) is 1.97. The Morgan fingerprint density at radius 2 is 1.90 bits per heavy atom. The number of para-hydroxylation sites is 2. The second-order valence-electron chi connectivity index (χ2n) is 7.07. The van der Waals surface area contributed by atoms with Gasteiger partial charge in [0.15, 0.2) is 5.16 Å². The molecule has 0 bridgehead atoms. The summed E-state index contributed by atoms with van der Waals surface area (Å²) >= 11 is 1.35. The Labute approximate surface area is 171 Å². The molecule has 1 aliphatic rings. The topological polar surface area (TPSA) is 72.5 Å². The third-order valence-corrected chi connectivity index (χ3v) is 6.25. The lowest BCUT2D eigenvalue weighted by Crippen LogP contribution is -2.36. The molecule has 0 spiro atoms. The first-order chi connectivity index (χ1) is 14.1. The number of hydrogen-bond acceptors (Lipinski definition) is 5. The van der Waals surface area contributed by atoms with Crippen molar-refractivity contribution >= 4 is 40.0 Å². The predicted molar refractivity (Wildman–Crippen MR) is 114 cm³/mol. The molecule has 0 radical (unpaired) electrons. The molecule has 0 unspecified atom stereocenters. The molecule has 5 rings (SSSR count). The Bertz CT molecular complexity index is 1310. The molecule has 2 aromatic carbocycles. The number of amides is 1. The van der Waals surface area contributed by atoms with E-state index in [0.717, 1.165) is 30.6 Å². The van der Waals surface area contributed by atoms with Crippen molar-refractivity contribution in [2.45, 2.75) is 18.0 Å². The van der Waals surface area contributed by atoms with Crippen LogP contribution in [-0.2, 0) is 18.3 Å². The quantitative estimate of drug-likeness (QED) is 0.490. The van der Waals surface area contributed by atoms with Crippen LogP contribution in [0.5, 0.6) is 0 Å². The minimum Gasteiger partial charge on any atom is -0.311 e. The van der Waals surface area contributed by atoms with E-state index in [1.165, 1.54) is 21.9 Å². The maximum atomic E-state index is 13.0. The van der Waals surface area contributed by atoms with E-state index >= 15 is 0 Å². The van der Waals surface area contributed by atoms with E-state index in [0.29, 0.717) is 16.3 Å². The average molecular weight is 405 g/mol. The number of rotatable bonds is 3. The van der Waals surface area contributed by atoms with Gasteiger partial charge in [0.2, 0.25) is 11.7 Å². The first kappa shape index (κ1) is 17.9. The summed E-state index contributed by atoms with van der Waals surface area (Å²) < 4.78 is 3.33. The number of benzene rings is 2. The summed E-state index contributed by atoms with van der Waals surface area (Å²) in [5.41, 5.74) is 2.85. The van der Waals surface area contributed by atoms with Gasteiger partial charge < -0.3 is 4.90 Å². The van der Waals surface area contributed by atoms with Crippen LogP contribution in [0.4, 0.5) is 5.69 Å². The molecule has 3 heterocycles. The van der Waals surface area contributed by atoms with E-state index in [4.69, 9.17) is 0 Å². The zero-order chi connectivity index (χ0) is 20.0. The third-order valence-electron chi connectivity index (χ3n) is 5.33. The normalized spacial score (nSPS) is 13.8. The van der Waals surface area contributed by atoms with Crippen molar-refractivity contribution in [2.24, 2.45) is 7.05 Å². The van der Waals surface area contributed by atoms with Crippen LogP contribution >= 0.6 is 11.8 Å². The molecular weight excluding hydrogens is 386 g/mol. The lowest BCUT2D eigenvalue weighted by Gasteiger charge is -2.29. The van der Waals surface area contributed by atoms with Crippen LogP contribution in [0.3, 0.4) is 0 Å². The zero-order valence-electron chi connectivity index (χ0n) is 15.9. The Morgan fingerprint density at radius 3 is 2.79 bits per heavy atom. The Balaban J connectivity index is 1.48. The fourth-order valence-corrected chi connectivity index (χ4v) is 4.72. The van der Waals surface area contributed by atoms with E-state index in [-0.39, 0.29) is 17.2 Å². The van der Waals surface area contributed by atoms with Gasteiger partial charge in [-0.15, -0.1) is 10.2 Å². The maximum Gasteiger partial charge on any atom is 0.262 e. The number of aromatic nitrogens is 4. The number of nitrogens with zero attached hydrogens (tertiary/aromatic N) is 5. The minimum absolute atomic E-state index is 0.0491. The van der Waals surface area contributed by atoms with E-state index < -0.39 is 0 Å². The van der Waals surface area contributed by atoms with Gasteiger partial charge in [-0.3, -0.25) is 18.6 Å². The molecular formula is C21H19N5O2S. The lowest BCUT2D eigenvalue weighted by atomic mass is 10.0. The second-order valence-corrected chi connectivity index (χ2v) is 8.01. The first-order valence-corrected chi connectivity index (χ1v) is 10.5. The molecule has 0 aliphatic carbocycles.